The second-order valence-electron chi connectivity index (χ2n) is 4.06. The van der Waals surface area contributed by atoms with Crippen molar-refractivity contribution in [2.45, 2.75) is 38.6 Å². The molecule has 14 heavy (non-hydrogen) atoms. The van der Waals surface area contributed by atoms with Crippen LogP contribution in [0, 0.1) is 5.92 Å². The standard InChI is InChI=1S/C9H17N5/c1-7-3-2-4-8(7)9-11-12-13-14(9)6-5-10/h7-8H,2-6,10H2,1H3. The fraction of sp³-hybridized carbons (Fsp3) is 0.889. The zero-order valence-electron chi connectivity index (χ0n) is 8.56. The third kappa shape index (κ3) is 1.64. The van der Waals surface area contributed by atoms with Gasteiger partial charge in [0.1, 0.15) is 0 Å². The Bertz CT molecular complexity index is 295. The van der Waals surface area contributed by atoms with Gasteiger partial charge in [0.15, 0.2) is 5.82 Å². The first-order chi connectivity index (χ1) is 6.83. The molecule has 2 rings (SSSR count). The van der Waals surface area contributed by atoms with Crippen molar-refractivity contribution < 1.29 is 0 Å². The summed E-state index contributed by atoms with van der Waals surface area (Å²) in [5, 5.41) is 11.8. The average Bonchev–Trinajstić information content (AvgIpc) is 2.74. The Balaban J connectivity index is 2.17. The van der Waals surface area contributed by atoms with Gasteiger partial charge in [0.2, 0.25) is 0 Å². The summed E-state index contributed by atoms with van der Waals surface area (Å²) in [5.74, 6) is 2.27. The quantitative estimate of drug-likeness (QED) is 0.764. The fourth-order valence-corrected chi connectivity index (χ4v) is 2.29. The molecule has 78 valence electrons. The molecule has 1 aliphatic carbocycles. The summed E-state index contributed by atoms with van der Waals surface area (Å²) >= 11 is 0. The maximum Gasteiger partial charge on any atom is 0.154 e. The van der Waals surface area contributed by atoms with E-state index in [2.05, 4.69) is 22.4 Å². The molecular weight excluding hydrogens is 178 g/mol. The van der Waals surface area contributed by atoms with E-state index < -0.39 is 0 Å². The van der Waals surface area contributed by atoms with Crippen molar-refractivity contribution in [3.63, 3.8) is 0 Å². The Kier molecular flexibility index (Phi) is 2.77. The molecule has 0 saturated heterocycles. The lowest BCUT2D eigenvalue weighted by Gasteiger charge is -2.13. The number of aromatic nitrogens is 4. The highest BCUT2D eigenvalue weighted by molar-refractivity contribution is 4.99. The molecule has 1 saturated carbocycles. The second-order valence-corrected chi connectivity index (χ2v) is 4.06. The highest BCUT2D eigenvalue weighted by atomic mass is 15.5. The Morgan fingerprint density at radius 3 is 3.00 bits per heavy atom. The van der Waals surface area contributed by atoms with Crippen molar-refractivity contribution in [1.29, 1.82) is 0 Å². The molecule has 1 aromatic heterocycles. The van der Waals surface area contributed by atoms with Crippen LogP contribution in [0.5, 0.6) is 0 Å². The molecule has 2 unspecified atom stereocenters. The normalized spacial score (nSPS) is 27.0. The molecule has 1 aromatic rings. The lowest BCUT2D eigenvalue weighted by molar-refractivity contribution is 0.467. The highest BCUT2D eigenvalue weighted by Gasteiger charge is 2.29. The zero-order valence-corrected chi connectivity index (χ0v) is 8.56. The van der Waals surface area contributed by atoms with Crippen LogP contribution in [0.15, 0.2) is 0 Å². The van der Waals surface area contributed by atoms with Gasteiger partial charge >= 0.3 is 0 Å². The predicted octanol–water partition coefficient (Wildman–Crippen LogP) is 0.535. The van der Waals surface area contributed by atoms with Gasteiger partial charge in [0.25, 0.3) is 0 Å². The maximum absolute atomic E-state index is 5.51. The van der Waals surface area contributed by atoms with Crippen LogP contribution >= 0.6 is 0 Å². The molecule has 2 atom stereocenters. The minimum absolute atomic E-state index is 0.538. The number of nitrogens with two attached hydrogens (primary N) is 1. The Hall–Kier alpha value is -0.970. The molecule has 0 spiro atoms. The van der Waals surface area contributed by atoms with Gasteiger partial charge in [-0.05, 0) is 29.2 Å². The topological polar surface area (TPSA) is 69.6 Å². The second kappa shape index (κ2) is 4.04. The molecule has 1 aliphatic rings. The van der Waals surface area contributed by atoms with Crippen molar-refractivity contribution in [2.24, 2.45) is 11.7 Å². The molecule has 0 radical (unpaired) electrons. The van der Waals surface area contributed by atoms with E-state index in [-0.39, 0.29) is 0 Å². The maximum atomic E-state index is 5.51. The van der Waals surface area contributed by atoms with Crippen LogP contribution in [0.4, 0.5) is 0 Å². The summed E-state index contributed by atoms with van der Waals surface area (Å²) in [4.78, 5) is 0. The van der Waals surface area contributed by atoms with Gasteiger partial charge in [-0.25, -0.2) is 4.68 Å². The molecule has 1 heterocycles. The third-order valence-corrected chi connectivity index (χ3v) is 3.09. The first-order valence-corrected chi connectivity index (χ1v) is 5.29. The molecule has 1 fully saturated rings. The van der Waals surface area contributed by atoms with E-state index in [4.69, 9.17) is 5.73 Å². The molecule has 0 aliphatic heterocycles. The lowest BCUT2D eigenvalue weighted by atomic mass is 9.97. The van der Waals surface area contributed by atoms with Crippen molar-refractivity contribution in [3.05, 3.63) is 5.82 Å². The molecule has 2 N–H and O–H groups in total. The van der Waals surface area contributed by atoms with Gasteiger partial charge in [-0.3, -0.25) is 0 Å². The Morgan fingerprint density at radius 1 is 1.50 bits per heavy atom. The summed E-state index contributed by atoms with van der Waals surface area (Å²) in [5.41, 5.74) is 5.51. The van der Waals surface area contributed by atoms with E-state index in [1.54, 1.807) is 0 Å². The largest absolute Gasteiger partial charge is 0.329 e. The van der Waals surface area contributed by atoms with Gasteiger partial charge in [0.05, 0.1) is 6.54 Å². The SMILES string of the molecule is CC1CCCC1c1nnnn1CCN. The number of nitrogens with zero attached hydrogens (tertiary/aromatic N) is 4. The minimum Gasteiger partial charge on any atom is -0.329 e. The van der Waals surface area contributed by atoms with Crippen molar-refractivity contribution in [1.82, 2.24) is 20.2 Å². The van der Waals surface area contributed by atoms with E-state index in [1.807, 2.05) is 4.68 Å². The van der Waals surface area contributed by atoms with Gasteiger partial charge in [0, 0.05) is 12.5 Å². The van der Waals surface area contributed by atoms with E-state index in [1.165, 1.54) is 19.3 Å². The van der Waals surface area contributed by atoms with Crippen LogP contribution in [0.25, 0.3) is 0 Å². The summed E-state index contributed by atoms with van der Waals surface area (Å²) in [6, 6.07) is 0. The summed E-state index contributed by atoms with van der Waals surface area (Å²) in [6.07, 6.45) is 3.80. The number of hydrogen-bond donors (Lipinski definition) is 1. The minimum atomic E-state index is 0.538. The van der Waals surface area contributed by atoms with E-state index in [9.17, 15) is 0 Å². The summed E-state index contributed by atoms with van der Waals surface area (Å²) in [6.45, 7) is 3.60. The van der Waals surface area contributed by atoms with Gasteiger partial charge in [-0.2, -0.15) is 0 Å². The molecule has 0 aromatic carbocycles. The van der Waals surface area contributed by atoms with Gasteiger partial charge in [-0.1, -0.05) is 13.3 Å². The Morgan fingerprint density at radius 2 is 2.36 bits per heavy atom. The van der Waals surface area contributed by atoms with Crippen LogP contribution in [-0.4, -0.2) is 26.8 Å². The van der Waals surface area contributed by atoms with E-state index in [0.717, 1.165) is 12.4 Å². The molecule has 5 nitrogen and oxygen atoms in total. The third-order valence-electron chi connectivity index (χ3n) is 3.09. The number of hydrogen-bond acceptors (Lipinski definition) is 4. The molecular formula is C9H17N5. The Labute approximate surface area is 83.7 Å². The first kappa shape index (κ1) is 9.58. The zero-order chi connectivity index (χ0) is 9.97. The first-order valence-electron chi connectivity index (χ1n) is 5.29. The van der Waals surface area contributed by atoms with Gasteiger partial charge < -0.3 is 5.73 Å². The van der Waals surface area contributed by atoms with Crippen LogP contribution in [0.1, 0.15) is 37.9 Å². The lowest BCUT2D eigenvalue weighted by Crippen LogP contribution is -2.17. The smallest absolute Gasteiger partial charge is 0.154 e. The van der Waals surface area contributed by atoms with Crippen molar-refractivity contribution in [3.8, 4) is 0 Å². The van der Waals surface area contributed by atoms with Gasteiger partial charge in [-0.15, -0.1) is 5.10 Å². The van der Waals surface area contributed by atoms with E-state index in [0.29, 0.717) is 18.4 Å². The molecule has 0 amide bonds. The summed E-state index contributed by atoms with van der Waals surface area (Å²) < 4.78 is 1.85. The summed E-state index contributed by atoms with van der Waals surface area (Å²) in [7, 11) is 0. The van der Waals surface area contributed by atoms with Crippen LogP contribution in [0.2, 0.25) is 0 Å². The van der Waals surface area contributed by atoms with Crippen molar-refractivity contribution in [2.75, 3.05) is 6.54 Å². The number of tetrazole rings is 1. The highest BCUT2D eigenvalue weighted by Crippen LogP contribution is 2.37. The van der Waals surface area contributed by atoms with Crippen molar-refractivity contribution >= 4 is 0 Å². The van der Waals surface area contributed by atoms with Crippen LogP contribution < -0.4 is 5.73 Å². The van der Waals surface area contributed by atoms with Crippen LogP contribution in [0.3, 0.4) is 0 Å². The molecule has 0 bridgehead atoms. The fourth-order valence-electron chi connectivity index (χ4n) is 2.29. The molecule has 5 heteroatoms. The number of rotatable bonds is 3. The predicted molar refractivity (Wildman–Crippen MR) is 52.6 cm³/mol. The van der Waals surface area contributed by atoms with Crippen LogP contribution in [-0.2, 0) is 6.54 Å². The van der Waals surface area contributed by atoms with E-state index >= 15 is 0 Å². The average molecular weight is 195 g/mol. The monoisotopic (exact) mass is 195 g/mol.